The van der Waals surface area contributed by atoms with Crippen LogP contribution in [0.2, 0.25) is 0 Å². The standard InChI is InChI=1S/C11H13N3O2/c1-7(2)14-6-8-5-12-10(11(15)16-3)4-9(8)13-14/h4-7H,1-3H3. The van der Waals surface area contributed by atoms with Gasteiger partial charge in [0.15, 0.2) is 5.69 Å². The van der Waals surface area contributed by atoms with Crippen molar-refractivity contribution in [1.82, 2.24) is 14.8 Å². The van der Waals surface area contributed by atoms with E-state index in [-0.39, 0.29) is 11.7 Å². The topological polar surface area (TPSA) is 57.0 Å². The average Bonchev–Trinajstić information content (AvgIpc) is 2.70. The summed E-state index contributed by atoms with van der Waals surface area (Å²) in [5.41, 5.74) is 1.04. The molecule has 2 rings (SSSR count). The second-order valence-electron chi connectivity index (χ2n) is 3.82. The fourth-order valence-electron chi connectivity index (χ4n) is 1.42. The summed E-state index contributed by atoms with van der Waals surface area (Å²) in [6.45, 7) is 4.08. The molecule has 0 aliphatic rings. The van der Waals surface area contributed by atoms with E-state index in [1.54, 1.807) is 12.3 Å². The zero-order chi connectivity index (χ0) is 11.7. The Bertz CT molecular complexity index is 531. The summed E-state index contributed by atoms with van der Waals surface area (Å²) in [6, 6.07) is 1.93. The van der Waals surface area contributed by atoms with E-state index in [1.807, 2.05) is 24.7 Å². The third kappa shape index (κ3) is 1.76. The van der Waals surface area contributed by atoms with Crippen LogP contribution in [0.15, 0.2) is 18.5 Å². The fourth-order valence-corrected chi connectivity index (χ4v) is 1.42. The number of ether oxygens (including phenoxy) is 1. The molecule has 0 aliphatic heterocycles. The summed E-state index contributed by atoms with van der Waals surface area (Å²) in [5, 5.41) is 5.28. The molecule has 0 N–H and O–H groups in total. The lowest BCUT2D eigenvalue weighted by atomic mass is 10.3. The van der Waals surface area contributed by atoms with Gasteiger partial charge in [-0.05, 0) is 19.9 Å². The highest BCUT2D eigenvalue weighted by Gasteiger charge is 2.10. The number of pyridine rings is 1. The number of aromatic nitrogens is 3. The molecule has 0 amide bonds. The quantitative estimate of drug-likeness (QED) is 0.723. The number of nitrogens with zero attached hydrogens (tertiary/aromatic N) is 3. The first kappa shape index (κ1) is 10.6. The zero-order valence-corrected chi connectivity index (χ0v) is 9.47. The molecule has 16 heavy (non-hydrogen) atoms. The Morgan fingerprint density at radius 1 is 1.50 bits per heavy atom. The van der Waals surface area contributed by atoms with Crippen LogP contribution in [0.4, 0.5) is 0 Å². The van der Waals surface area contributed by atoms with E-state index in [9.17, 15) is 4.79 Å². The van der Waals surface area contributed by atoms with Gasteiger partial charge in [0.05, 0.1) is 12.6 Å². The van der Waals surface area contributed by atoms with Gasteiger partial charge in [0.25, 0.3) is 0 Å². The molecule has 0 aromatic carbocycles. The van der Waals surface area contributed by atoms with Gasteiger partial charge in [-0.15, -0.1) is 0 Å². The number of carbonyl (C=O) groups is 1. The molecule has 0 saturated heterocycles. The molecule has 0 radical (unpaired) electrons. The van der Waals surface area contributed by atoms with Gasteiger partial charge < -0.3 is 4.74 Å². The maximum absolute atomic E-state index is 11.3. The molecular weight excluding hydrogens is 206 g/mol. The van der Waals surface area contributed by atoms with Crippen LogP contribution in [-0.4, -0.2) is 27.8 Å². The van der Waals surface area contributed by atoms with Crippen LogP contribution in [0.5, 0.6) is 0 Å². The van der Waals surface area contributed by atoms with Crippen LogP contribution in [-0.2, 0) is 4.74 Å². The Labute approximate surface area is 93.0 Å². The number of esters is 1. The van der Waals surface area contributed by atoms with Crippen molar-refractivity contribution in [2.45, 2.75) is 19.9 Å². The largest absolute Gasteiger partial charge is 0.464 e. The van der Waals surface area contributed by atoms with Crippen molar-refractivity contribution in [2.24, 2.45) is 0 Å². The van der Waals surface area contributed by atoms with Gasteiger partial charge in [-0.25, -0.2) is 9.78 Å². The number of rotatable bonds is 2. The number of hydrogen-bond donors (Lipinski definition) is 0. The second kappa shape index (κ2) is 3.92. The smallest absolute Gasteiger partial charge is 0.356 e. The number of methoxy groups -OCH3 is 1. The molecule has 0 bridgehead atoms. The Kier molecular flexibility index (Phi) is 2.60. The fraction of sp³-hybridized carbons (Fsp3) is 0.364. The van der Waals surface area contributed by atoms with Gasteiger partial charge in [0.1, 0.15) is 0 Å². The van der Waals surface area contributed by atoms with Crippen LogP contribution in [0.3, 0.4) is 0 Å². The van der Waals surface area contributed by atoms with Crippen molar-refractivity contribution < 1.29 is 9.53 Å². The first-order valence-electron chi connectivity index (χ1n) is 5.05. The SMILES string of the molecule is COC(=O)c1cc2nn(C(C)C)cc2cn1. The number of carbonyl (C=O) groups excluding carboxylic acids is 1. The molecule has 0 atom stereocenters. The predicted octanol–water partition coefficient (Wildman–Crippen LogP) is 1.80. The minimum atomic E-state index is -0.444. The number of fused-ring (bicyclic) bond motifs is 1. The lowest BCUT2D eigenvalue weighted by Gasteiger charge is -2.02. The molecule has 0 unspecified atom stereocenters. The predicted molar refractivity (Wildman–Crippen MR) is 59.3 cm³/mol. The Hall–Kier alpha value is -1.91. The molecule has 5 heteroatoms. The summed E-state index contributed by atoms with van der Waals surface area (Å²) in [7, 11) is 1.33. The van der Waals surface area contributed by atoms with E-state index in [4.69, 9.17) is 0 Å². The second-order valence-corrected chi connectivity index (χ2v) is 3.82. The Balaban J connectivity index is 2.49. The summed E-state index contributed by atoms with van der Waals surface area (Å²) < 4.78 is 6.44. The van der Waals surface area contributed by atoms with E-state index in [0.717, 1.165) is 10.9 Å². The van der Waals surface area contributed by atoms with Gasteiger partial charge in [-0.2, -0.15) is 5.10 Å². The van der Waals surface area contributed by atoms with Gasteiger partial charge in [0.2, 0.25) is 0 Å². The van der Waals surface area contributed by atoms with Crippen molar-refractivity contribution in [3.63, 3.8) is 0 Å². The molecule has 2 aromatic heterocycles. The van der Waals surface area contributed by atoms with Crippen molar-refractivity contribution in [3.8, 4) is 0 Å². The lowest BCUT2D eigenvalue weighted by molar-refractivity contribution is 0.0594. The third-order valence-corrected chi connectivity index (χ3v) is 2.33. The van der Waals surface area contributed by atoms with Crippen LogP contribution < -0.4 is 0 Å². The van der Waals surface area contributed by atoms with Crippen molar-refractivity contribution >= 4 is 16.9 Å². The first-order chi connectivity index (χ1) is 7.61. The highest BCUT2D eigenvalue weighted by atomic mass is 16.5. The molecule has 0 saturated carbocycles. The third-order valence-electron chi connectivity index (χ3n) is 2.33. The van der Waals surface area contributed by atoms with Crippen LogP contribution >= 0.6 is 0 Å². The van der Waals surface area contributed by atoms with Crippen molar-refractivity contribution in [3.05, 3.63) is 24.2 Å². The van der Waals surface area contributed by atoms with E-state index in [1.165, 1.54) is 7.11 Å². The van der Waals surface area contributed by atoms with Crippen molar-refractivity contribution in [2.75, 3.05) is 7.11 Å². The molecule has 2 heterocycles. The van der Waals surface area contributed by atoms with E-state index in [0.29, 0.717) is 0 Å². The maximum Gasteiger partial charge on any atom is 0.356 e. The van der Waals surface area contributed by atoms with Crippen LogP contribution in [0.25, 0.3) is 10.9 Å². The van der Waals surface area contributed by atoms with Crippen LogP contribution in [0, 0.1) is 0 Å². The summed E-state index contributed by atoms with van der Waals surface area (Å²) in [6.07, 6.45) is 3.54. The molecule has 0 spiro atoms. The lowest BCUT2D eigenvalue weighted by Crippen LogP contribution is -2.03. The highest BCUT2D eigenvalue weighted by Crippen LogP contribution is 2.15. The Morgan fingerprint density at radius 2 is 2.25 bits per heavy atom. The van der Waals surface area contributed by atoms with Gasteiger partial charge in [-0.1, -0.05) is 0 Å². The molecule has 0 fully saturated rings. The average molecular weight is 219 g/mol. The summed E-state index contributed by atoms with van der Waals surface area (Å²) in [4.78, 5) is 15.3. The zero-order valence-electron chi connectivity index (χ0n) is 9.47. The minimum Gasteiger partial charge on any atom is -0.464 e. The summed E-state index contributed by atoms with van der Waals surface area (Å²) in [5.74, 6) is -0.444. The van der Waals surface area contributed by atoms with Crippen LogP contribution in [0.1, 0.15) is 30.4 Å². The highest BCUT2D eigenvalue weighted by molar-refractivity contribution is 5.91. The molecular formula is C11H13N3O2. The molecule has 2 aromatic rings. The van der Waals surface area contributed by atoms with E-state index < -0.39 is 5.97 Å². The monoisotopic (exact) mass is 219 g/mol. The molecule has 5 nitrogen and oxygen atoms in total. The maximum atomic E-state index is 11.3. The van der Waals surface area contributed by atoms with Gasteiger partial charge in [0, 0.05) is 23.8 Å². The van der Waals surface area contributed by atoms with E-state index >= 15 is 0 Å². The number of hydrogen-bond acceptors (Lipinski definition) is 4. The van der Waals surface area contributed by atoms with E-state index in [2.05, 4.69) is 14.8 Å². The Morgan fingerprint density at radius 3 is 2.88 bits per heavy atom. The van der Waals surface area contributed by atoms with Gasteiger partial charge in [-0.3, -0.25) is 4.68 Å². The first-order valence-corrected chi connectivity index (χ1v) is 5.05. The molecule has 84 valence electrons. The van der Waals surface area contributed by atoms with Crippen molar-refractivity contribution in [1.29, 1.82) is 0 Å². The summed E-state index contributed by atoms with van der Waals surface area (Å²) >= 11 is 0. The normalized spacial score (nSPS) is 11.0. The molecule has 0 aliphatic carbocycles. The van der Waals surface area contributed by atoms with Gasteiger partial charge >= 0.3 is 5.97 Å². The minimum absolute atomic E-state index is 0.281.